The third-order valence-electron chi connectivity index (χ3n) is 6.39. The molecule has 0 radical (unpaired) electrons. The summed E-state index contributed by atoms with van der Waals surface area (Å²) in [5.74, 6) is 0.529. The van der Waals surface area contributed by atoms with Crippen molar-refractivity contribution in [3.63, 3.8) is 0 Å². The molecule has 4 nitrogen and oxygen atoms in total. The number of nitrogens with one attached hydrogen (secondary N) is 1. The van der Waals surface area contributed by atoms with Crippen molar-refractivity contribution in [1.82, 2.24) is 15.1 Å². The first-order valence-electron chi connectivity index (χ1n) is 10.1. The molecule has 2 atom stereocenters. The number of nitrogens with zero attached hydrogens (tertiary/aromatic N) is 2. The third-order valence-corrected chi connectivity index (χ3v) is 6.39. The van der Waals surface area contributed by atoms with Crippen LogP contribution in [0.15, 0.2) is 30.3 Å². The number of carbonyl (C=O) groups is 1. The van der Waals surface area contributed by atoms with Gasteiger partial charge in [0.1, 0.15) is 0 Å². The summed E-state index contributed by atoms with van der Waals surface area (Å²) in [6.45, 7) is 5.48. The van der Waals surface area contributed by atoms with Gasteiger partial charge in [-0.25, -0.2) is 0 Å². The van der Waals surface area contributed by atoms with E-state index < -0.39 is 0 Å². The normalized spacial score (nSPS) is 28.6. The summed E-state index contributed by atoms with van der Waals surface area (Å²) in [7, 11) is 0. The minimum Gasteiger partial charge on any atom is -0.352 e. The van der Waals surface area contributed by atoms with Gasteiger partial charge in [0.15, 0.2) is 0 Å². The lowest BCUT2D eigenvalue weighted by atomic mass is 9.93. The Hall–Kier alpha value is -1.39. The second-order valence-electron chi connectivity index (χ2n) is 8.04. The summed E-state index contributed by atoms with van der Waals surface area (Å²) < 4.78 is 0. The van der Waals surface area contributed by atoms with E-state index in [1.54, 1.807) is 0 Å². The van der Waals surface area contributed by atoms with Crippen molar-refractivity contribution < 1.29 is 4.79 Å². The van der Waals surface area contributed by atoms with E-state index in [0.717, 1.165) is 38.9 Å². The number of carbonyl (C=O) groups excluding carboxylic acids is 1. The van der Waals surface area contributed by atoms with Gasteiger partial charge in [0.25, 0.3) is 0 Å². The Labute approximate surface area is 151 Å². The molecule has 3 saturated heterocycles. The average Bonchev–Trinajstić information content (AvgIpc) is 3.06. The van der Waals surface area contributed by atoms with Crippen molar-refractivity contribution >= 4 is 5.91 Å². The molecule has 4 rings (SSSR count). The van der Waals surface area contributed by atoms with Crippen molar-refractivity contribution in [3.05, 3.63) is 35.9 Å². The van der Waals surface area contributed by atoms with E-state index in [2.05, 4.69) is 45.4 Å². The summed E-state index contributed by atoms with van der Waals surface area (Å²) >= 11 is 0. The lowest BCUT2D eigenvalue weighted by molar-refractivity contribution is -0.127. The van der Waals surface area contributed by atoms with Crippen LogP contribution >= 0.6 is 0 Å². The molecule has 1 aromatic rings. The van der Waals surface area contributed by atoms with Crippen molar-refractivity contribution in [2.75, 3.05) is 26.2 Å². The maximum atomic E-state index is 12.7. The highest BCUT2D eigenvalue weighted by atomic mass is 16.2. The zero-order valence-corrected chi connectivity index (χ0v) is 15.2. The largest absolute Gasteiger partial charge is 0.352 e. The van der Waals surface area contributed by atoms with Crippen molar-refractivity contribution in [2.45, 2.75) is 57.2 Å². The second kappa shape index (κ2) is 7.88. The van der Waals surface area contributed by atoms with Gasteiger partial charge in [-0.05, 0) is 57.3 Å². The summed E-state index contributed by atoms with van der Waals surface area (Å²) in [5, 5.41) is 3.41. The Morgan fingerprint density at radius 3 is 2.56 bits per heavy atom. The molecule has 0 spiro atoms. The molecule has 1 aromatic carbocycles. The lowest BCUT2D eigenvalue weighted by Crippen LogP contribution is -2.49. The first kappa shape index (κ1) is 17.0. The highest BCUT2D eigenvalue weighted by Crippen LogP contribution is 2.28. The average molecular weight is 341 g/mol. The Bertz CT molecular complexity index is 568. The first-order chi connectivity index (χ1) is 12.3. The Morgan fingerprint density at radius 2 is 1.76 bits per heavy atom. The fraction of sp³-hybridized carbons (Fsp3) is 0.667. The Morgan fingerprint density at radius 1 is 0.960 bits per heavy atom. The quantitative estimate of drug-likeness (QED) is 0.914. The lowest BCUT2D eigenvalue weighted by Gasteiger charge is -2.34. The van der Waals surface area contributed by atoms with Gasteiger partial charge in [-0.2, -0.15) is 0 Å². The molecule has 1 amide bonds. The number of rotatable bonds is 4. The van der Waals surface area contributed by atoms with E-state index in [1.165, 1.54) is 37.9 Å². The summed E-state index contributed by atoms with van der Waals surface area (Å²) in [5.41, 5.74) is 1.37. The fourth-order valence-corrected chi connectivity index (χ4v) is 4.91. The van der Waals surface area contributed by atoms with Gasteiger partial charge in [-0.15, -0.1) is 0 Å². The van der Waals surface area contributed by atoms with E-state index in [4.69, 9.17) is 0 Å². The molecule has 0 saturated carbocycles. The van der Waals surface area contributed by atoms with Gasteiger partial charge in [-0.1, -0.05) is 36.8 Å². The highest BCUT2D eigenvalue weighted by Gasteiger charge is 2.37. The molecule has 4 heteroatoms. The van der Waals surface area contributed by atoms with E-state index >= 15 is 0 Å². The molecule has 25 heavy (non-hydrogen) atoms. The Balaban J connectivity index is 1.24. The molecule has 2 unspecified atom stereocenters. The molecule has 1 N–H and O–H groups in total. The van der Waals surface area contributed by atoms with Gasteiger partial charge >= 0.3 is 0 Å². The van der Waals surface area contributed by atoms with Crippen LogP contribution in [-0.2, 0) is 11.3 Å². The summed E-state index contributed by atoms with van der Waals surface area (Å²) in [6, 6.07) is 11.7. The van der Waals surface area contributed by atoms with Gasteiger partial charge in [0, 0.05) is 31.1 Å². The zero-order valence-electron chi connectivity index (χ0n) is 15.2. The van der Waals surface area contributed by atoms with Gasteiger partial charge in [-0.3, -0.25) is 14.6 Å². The number of benzene rings is 1. The third kappa shape index (κ3) is 4.06. The zero-order chi connectivity index (χ0) is 17.1. The Kier molecular flexibility index (Phi) is 5.37. The second-order valence-corrected chi connectivity index (χ2v) is 8.04. The number of hydrogen-bond donors (Lipinski definition) is 1. The van der Waals surface area contributed by atoms with Crippen LogP contribution in [0.1, 0.15) is 44.1 Å². The maximum Gasteiger partial charge on any atom is 0.223 e. The van der Waals surface area contributed by atoms with Crippen LogP contribution in [0.2, 0.25) is 0 Å². The molecule has 0 aromatic heterocycles. The number of hydrogen-bond acceptors (Lipinski definition) is 3. The van der Waals surface area contributed by atoms with Crippen LogP contribution < -0.4 is 5.32 Å². The maximum absolute atomic E-state index is 12.7. The number of fused-ring (bicyclic) bond motifs is 1. The topological polar surface area (TPSA) is 35.6 Å². The van der Waals surface area contributed by atoms with Gasteiger partial charge in [0.2, 0.25) is 5.91 Å². The van der Waals surface area contributed by atoms with Crippen LogP contribution in [0, 0.1) is 5.92 Å². The van der Waals surface area contributed by atoms with Gasteiger partial charge < -0.3 is 5.32 Å². The first-order valence-corrected chi connectivity index (χ1v) is 10.1. The standard InChI is InChI=1S/C21H31N3O/c25-21(22-19-11-15-24-12-5-4-8-20(19)24)18-9-13-23(14-10-18)16-17-6-2-1-3-7-17/h1-3,6-7,18-20H,4-5,8-16H2,(H,22,25). The van der Waals surface area contributed by atoms with E-state index in [1.807, 2.05) is 0 Å². The molecule has 3 aliphatic rings. The molecular weight excluding hydrogens is 310 g/mol. The van der Waals surface area contributed by atoms with E-state index in [0.29, 0.717) is 18.0 Å². The summed E-state index contributed by atoms with van der Waals surface area (Å²) in [4.78, 5) is 17.8. The molecular formula is C21H31N3O. The van der Waals surface area contributed by atoms with Crippen molar-refractivity contribution in [3.8, 4) is 0 Å². The molecule has 3 fully saturated rings. The monoisotopic (exact) mass is 341 g/mol. The fourth-order valence-electron chi connectivity index (χ4n) is 4.91. The van der Waals surface area contributed by atoms with Crippen LogP contribution in [0.4, 0.5) is 0 Å². The SMILES string of the molecule is O=C(NC1CCN2CCCCC12)C1CCN(Cc2ccccc2)CC1. The molecule has 3 heterocycles. The molecule has 0 aliphatic carbocycles. The van der Waals surface area contributed by atoms with Gasteiger partial charge in [0.05, 0.1) is 0 Å². The van der Waals surface area contributed by atoms with E-state index in [-0.39, 0.29) is 5.92 Å². The number of amides is 1. The van der Waals surface area contributed by atoms with Crippen LogP contribution in [0.5, 0.6) is 0 Å². The minimum atomic E-state index is 0.213. The number of piperidine rings is 2. The smallest absolute Gasteiger partial charge is 0.223 e. The number of likely N-dealkylation sites (tertiary alicyclic amines) is 1. The highest BCUT2D eigenvalue weighted by molar-refractivity contribution is 5.79. The van der Waals surface area contributed by atoms with Crippen LogP contribution in [0.3, 0.4) is 0 Å². The molecule has 0 bridgehead atoms. The minimum absolute atomic E-state index is 0.213. The summed E-state index contributed by atoms with van der Waals surface area (Å²) in [6.07, 6.45) is 7.06. The molecule has 3 aliphatic heterocycles. The predicted octanol–water partition coefficient (Wildman–Crippen LogP) is 2.64. The van der Waals surface area contributed by atoms with Crippen LogP contribution in [0.25, 0.3) is 0 Å². The van der Waals surface area contributed by atoms with Crippen LogP contribution in [-0.4, -0.2) is 54.0 Å². The predicted molar refractivity (Wildman–Crippen MR) is 100 cm³/mol. The van der Waals surface area contributed by atoms with Crippen molar-refractivity contribution in [2.24, 2.45) is 5.92 Å². The van der Waals surface area contributed by atoms with E-state index in [9.17, 15) is 4.79 Å². The molecule has 136 valence electrons. The van der Waals surface area contributed by atoms with Crippen molar-refractivity contribution in [1.29, 1.82) is 0 Å².